The van der Waals surface area contributed by atoms with Crippen molar-refractivity contribution in [3.05, 3.63) is 64.7 Å². The zero-order valence-corrected chi connectivity index (χ0v) is 12.0. The highest BCUT2D eigenvalue weighted by molar-refractivity contribution is 7.98. The van der Waals surface area contributed by atoms with Gasteiger partial charge < -0.3 is 4.74 Å². The largest absolute Gasteiger partial charge is 0.457 e. The Balaban J connectivity index is 1.97. The minimum absolute atomic E-state index is 0.226. The van der Waals surface area contributed by atoms with Crippen molar-refractivity contribution in [1.29, 1.82) is 0 Å². The van der Waals surface area contributed by atoms with E-state index in [0.717, 1.165) is 10.5 Å². The number of esters is 1. The van der Waals surface area contributed by atoms with E-state index in [-0.39, 0.29) is 12.6 Å². The van der Waals surface area contributed by atoms with E-state index in [1.54, 1.807) is 36.0 Å². The minimum atomic E-state index is -0.326. The summed E-state index contributed by atoms with van der Waals surface area (Å²) in [5, 5.41) is 0.637. The third-order valence-electron chi connectivity index (χ3n) is 2.58. The summed E-state index contributed by atoms with van der Waals surface area (Å²) in [6.45, 7) is 0.226. The minimum Gasteiger partial charge on any atom is -0.457 e. The molecule has 2 aromatic rings. The van der Waals surface area contributed by atoms with Crippen LogP contribution in [0.3, 0.4) is 0 Å². The molecule has 0 saturated carbocycles. The van der Waals surface area contributed by atoms with Crippen molar-refractivity contribution >= 4 is 29.3 Å². The van der Waals surface area contributed by atoms with Crippen molar-refractivity contribution in [1.82, 2.24) is 0 Å². The first kappa shape index (κ1) is 14.0. The standard InChI is InChI=1S/C15H13ClO2S/c1-19-14-7-5-12(6-8-14)15(17)18-10-11-3-2-4-13(16)9-11/h2-9H,10H2,1H3. The predicted octanol–water partition coefficient (Wildman–Crippen LogP) is 4.42. The van der Waals surface area contributed by atoms with Crippen LogP contribution in [-0.2, 0) is 11.3 Å². The van der Waals surface area contributed by atoms with E-state index >= 15 is 0 Å². The van der Waals surface area contributed by atoms with E-state index in [9.17, 15) is 4.79 Å². The maximum atomic E-state index is 11.8. The van der Waals surface area contributed by atoms with E-state index in [1.165, 1.54) is 0 Å². The van der Waals surface area contributed by atoms with E-state index in [1.807, 2.05) is 30.5 Å². The van der Waals surface area contributed by atoms with Crippen LogP contribution in [0.2, 0.25) is 5.02 Å². The van der Waals surface area contributed by atoms with Crippen LogP contribution in [0.15, 0.2) is 53.4 Å². The smallest absolute Gasteiger partial charge is 0.338 e. The van der Waals surface area contributed by atoms with Crippen LogP contribution in [0.1, 0.15) is 15.9 Å². The molecule has 0 aromatic heterocycles. The molecule has 0 aliphatic heterocycles. The van der Waals surface area contributed by atoms with Gasteiger partial charge in [0.25, 0.3) is 0 Å². The molecule has 98 valence electrons. The maximum Gasteiger partial charge on any atom is 0.338 e. The number of benzene rings is 2. The van der Waals surface area contributed by atoms with Crippen molar-refractivity contribution in [2.45, 2.75) is 11.5 Å². The highest BCUT2D eigenvalue weighted by atomic mass is 35.5. The average molecular weight is 293 g/mol. The fraction of sp³-hybridized carbons (Fsp3) is 0.133. The van der Waals surface area contributed by atoms with Gasteiger partial charge in [0.2, 0.25) is 0 Å². The van der Waals surface area contributed by atoms with Crippen molar-refractivity contribution in [3.8, 4) is 0 Å². The quantitative estimate of drug-likeness (QED) is 0.616. The lowest BCUT2D eigenvalue weighted by Gasteiger charge is -2.05. The van der Waals surface area contributed by atoms with Gasteiger partial charge in [0.05, 0.1) is 5.56 Å². The normalized spacial score (nSPS) is 10.2. The zero-order chi connectivity index (χ0) is 13.7. The molecule has 4 heteroatoms. The first-order valence-corrected chi connectivity index (χ1v) is 7.35. The molecule has 0 aliphatic carbocycles. The molecule has 0 amide bonds. The monoisotopic (exact) mass is 292 g/mol. The second kappa shape index (κ2) is 6.64. The Bertz CT molecular complexity index is 567. The van der Waals surface area contributed by atoms with Crippen molar-refractivity contribution < 1.29 is 9.53 Å². The summed E-state index contributed by atoms with van der Waals surface area (Å²) >= 11 is 7.50. The van der Waals surface area contributed by atoms with Gasteiger partial charge in [-0.3, -0.25) is 0 Å². The molecule has 2 nitrogen and oxygen atoms in total. The number of halogens is 1. The number of carbonyl (C=O) groups is 1. The summed E-state index contributed by atoms with van der Waals surface area (Å²) in [6.07, 6.45) is 1.99. The molecular formula is C15H13ClO2S. The van der Waals surface area contributed by atoms with Gasteiger partial charge in [0, 0.05) is 9.92 Å². The topological polar surface area (TPSA) is 26.3 Å². The van der Waals surface area contributed by atoms with Crippen LogP contribution in [0.4, 0.5) is 0 Å². The fourth-order valence-electron chi connectivity index (χ4n) is 1.59. The number of carbonyl (C=O) groups excluding carboxylic acids is 1. The summed E-state index contributed by atoms with van der Waals surface area (Å²) in [4.78, 5) is 13.0. The molecule has 2 rings (SSSR count). The summed E-state index contributed by atoms with van der Waals surface area (Å²) in [5.74, 6) is -0.326. The SMILES string of the molecule is CSc1ccc(C(=O)OCc2cccc(Cl)c2)cc1. The maximum absolute atomic E-state index is 11.8. The lowest BCUT2D eigenvalue weighted by molar-refractivity contribution is 0.0472. The van der Waals surface area contributed by atoms with Gasteiger partial charge >= 0.3 is 5.97 Å². The molecule has 2 aromatic carbocycles. The first-order chi connectivity index (χ1) is 9.19. The number of thioether (sulfide) groups is 1. The number of rotatable bonds is 4. The fourth-order valence-corrected chi connectivity index (χ4v) is 2.21. The lowest BCUT2D eigenvalue weighted by Crippen LogP contribution is -2.05. The van der Waals surface area contributed by atoms with Crippen molar-refractivity contribution in [2.24, 2.45) is 0 Å². The van der Waals surface area contributed by atoms with Crippen LogP contribution >= 0.6 is 23.4 Å². The van der Waals surface area contributed by atoms with Crippen LogP contribution in [0.25, 0.3) is 0 Å². The predicted molar refractivity (Wildman–Crippen MR) is 78.8 cm³/mol. The molecule has 0 N–H and O–H groups in total. The van der Waals surface area contributed by atoms with Crippen LogP contribution in [-0.4, -0.2) is 12.2 Å². The summed E-state index contributed by atoms with van der Waals surface area (Å²) in [6, 6.07) is 14.6. The molecule has 0 saturated heterocycles. The van der Waals surface area contributed by atoms with Gasteiger partial charge in [-0.25, -0.2) is 4.79 Å². The van der Waals surface area contributed by atoms with Crippen LogP contribution < -0.4 is 0 Å². The van der Waals surface area contributed by atoms with Crippen molar-refractivity contribution in [2.75, 3.05) is 6.26 Å². The van der Waals surface area contributed by atoms with Crippen LogP contribution in [0.5, 0.6) is 0 Å². The summed E-state index contributed by atoms with van der Waals surface area (Å²) < 4.78 is 5.24. The molecule has 0 fully saturated rings. The number of ether oxygens (including phenoxy) is 1. The second-order valence-corrected chi connectivity index (χ2v) is 5.25. The Kier molecular flexibility index (Phi) is 4.88. The van der Waals surface area contributed by atoms with Gasteiger partial charge in [-0.05, 0) is 48.2 Å². The number of hydrogen-bond donors (Lipinski definition) is 0. The molecule has 0 spiro atoms. The molecule has 0 unspecified atom stereocenters. The number of hydrogen-bond acceptors (Lipinski definition) is 3. The molecule has 0 atom stereocenters. The first-order valence-electron chi connectivity index (χ1n) is 5.74. The van der Waals surface area contributed by atoms with Gasteiger partial charge in [-0.1, -0.05) is 23.7 Å². The Labute approximate surface area is 121 Å². The molecule has 0 bridgehead atoms. The van der Waals surface area contributed by atoms with Gasteiger partial charge in [0.1, 0.15) is 6.61 Å². The average Bonchev–Trinajstić information content (AvgIpc) is 2.45. The summed E-state index contributed by atoms with van der Waals surface area (Å²) in [7, 11) is 0. The van der Waals surface area contributed by atoms with E-state index in [4.69, 9.17) is 16.3 Å². The van der Waals surface area contributed by atoms with Crippen molar-refractivity contribution in [3.63, 3.8) is 0 Å². The Morgan fingerprint density at radius 3 is 2.58 bits per heavy atom. The molecule has 0 aliphatic rings. The van der Waals surface area contributed by atoms with E-state index in [2.05, 4.69) is 0 Å². The van der Waals surface area contributed by atoms with Gasteiger partial charge in [-0.2, -0.15) is 0 Å². The lowest BCUT2D eigenvalue weighted by atomic mass is 10.2. The van der Waals surface area contributed by atoms with Gasteiger partial charge in [-0.15, -0.1) is 11.8 Å². The third kappa shape index (κ3) is 4.01. The highest BCUT2D eigenvalue weighted by Crippen LogP contribution is 2.16. The summed E-state index contributed by atoms with van der Waals surface area (Å²) in [5.41, 5.74) is 1.43. The molecular weight excluding hydrogens is 280 g/mol. The highest BCUT2D eigenvalue weighted by Gasteiger charge is 2.07. The van der Waals surface area contributed by atoms with E-state index in [0.29, 0.717) is 10.6 Å². The Hall–Kier alpha value is -1.45. The van der Waals surface area contributed by atoms with E-state index < -0.39 is 0 Å². The Morgan fingerprint density at radius 2 is 1.95 bits per heavy atom. The Morgan fingerprint density at radius 1 is 1.21 bits per heavy atom. The van der Waals surface area contributed by atoms with Gasteiger partial charge in [0.15, 0.2) is 0 Å². The third-order valence-corrected chi connectivity index (χ3v) is 3.56. The molecule has 0 heterocycles. The molecule has 19 heavy (non-hydrogen) atoms. The molecule has 0 radical (unpaired) electrons. The zero-order valence-electron chi connectivity index (χ0n) is 10.4. The van der Waals surface area contributed by atoms with Crippen LogP contribution in [0, 0.1) is 0 Å². The second-order valence-electron chi connectivity index (χ2n) is 3.93.